The highest BCUT2D eigenvalue weighted by Crippen LogP contribution is 2.20. The fourth-order valence-corrected chi connectivity index (χ4v) is 2.80. The van der Waals surface area contributed by atoms with Crippen molar-refractivity contribution in [2.75, 3.05) is 5.32 Å². The zero-order chi connectivity index (χ0) is 15.9. The summed E-state index contributed by atoms with van der Waals surface area (Å²) < 4.78 is 12.9. The summed E-state index contributed by atoms with van der Waals surface area (Å²) in [7, 11) is 0. The topological polar surface area (TPSA) is 75.1 Å². The van der Waals surface area contributed by atoms with Crippen LogP contribution in [0.4, 0.5) is 9.52 Å². The third-order valence-electron chi connectivity index (χ3n) is 3.18. The van der Waals surface area contributed by atoms with Crippen LogP contribution in [-0.2, 0) is 11.2 Å². The first-order valence-corrected chi connectivity index (χ1v) is 7.96. The maximum Gasteiger partial charge on any atom is 0.326 e. The van der Waals surface area contributed by atoms with Crippen LogP contribution < -0.4 is 5.32 Å². The molecule has 22 heavy (non-hydrogen) atoms. The fourth-order valence-electron chi connectivity index (χ4n) is 1.97. The molecule has 0 radical (unpaired) electrons. The van der Waals surface area contributed by atoms with Crippen molar-refractivity contribution in [3.63, 3.8) is 0 Å². The molecule has 0 saturated heterocycles. The van der Waals surface area contributed by atoms with E-state index in [4.69, 9.17) is 0 Å². The molecule has 1 unspecified atom stereocenters. The summed E-state index contributed by atoms with van der Waals surface area (Å²) in [4.78, 5) is 11.2. The lowest BCUT2D eigenvalue weighted by Gasteiger charge is -2.12. The first kappa shape index (κ1) is 16.4. The Morgan fingerprint density at radius 1 is 1.36 bits per heavy atom. The second-order valence-corrected chi connectivity index (χ2v) is 6.04. The predicted molar refractivity (Wildman–Crippen MR) is 83.7 cm³/mol. The quantitative estimate of drug-likeness (QED) is 0.779. The minimum absolute atomic E-state index is 0.274. The zero-order valence-electron chi connectivity index (χ0n) is 12.3. The minimum Gasteiger partial charge on any atom is -0.480 e. The van der Waals surface area contributed by atoms with Crippen LogP contribution in [0.5, 0.6) is 0 Å². The predicted octanol–water partition coefficient (Wildman–Crippen LogP) is 3.32. The summed E-state index contributed by atoms with van der Waals surface area (Å²) in [5.41, 5.74) is 0.935. The lowest BCUT2D eigenvalue weighted by Crippen LogP contribution is -2.29. The number of hydrogen-bond donors (Lipinski definition) is 2. The van der Waals surface area contributed by atoms with Crippen LogP contribution in [0.2, 0.25) is 0 Å². The van der Waals surface area contributed by atoms with Gasteiger partial charge in [0.1, 0.15) is 16.9 Å². The molecule has 0 aliphatic rings. The van der Waals surface area contributed by atoms with Crippen LogP contribution in [0.25, 0.3) is 0 Å². The molecule has 0 fully saturated rings. The molecule has 2 aromatic rings. The van der Waals surface area contributed by atoms with Gasteiger partial charge in [-0.15, -0.1) is 10.2 Å². The number of halogens is 1. The molecule has 0 spiro atoms. The average Bonchev–Trinajstić information content (AvgIpc) is 2.93. The first-order chi connectivity index (χ1) is 10.6. The Balaban J connectivity index is 1.98. The van der Waals surface area contributed by atoms with E-state index in [1.54, 1.807) is 12.1 Å². The van der Waals surface area contributed by atoms with Gasteiger partial charge in [-0.1, -0.05) is 43.2 Å². The maximum atomic E-state index is 12.9. The molecule has 0 bridgehead atoms. The molecule has 0 aliphatic carbocycles. The van der Waals surface area contributed by atoms with Gasteiger partial charge in [0.05, 0.1) is 0 Å². The molecule has 0 aliphatic heterocycles. The van der Waals surface area contributed by atoms with Gasteiger partial charge in [-0.05, 0) is 24.1 Å². The van der Waals surface area contributed by atoms with Crippen molar-refractivity contribution in [2.45, 2.75) is 38.6 Å². The number of aromatic nitrogens is 2. The van der Waals surface area contributed by atoms with Crippen LogP contribution >= 0.6 is 11.3 Å². The molecule has 2 N–H and O–H groups in total. The number of benzene rings is 1. The Kier molecular flexibility index (Phi) is 5.83. The van der Waals surface area contributed by atoms with Crippen molar-refractivity contribution < 1.29 is 14.3 Å². The minimum atomic E-state index is -0.885. The van der Waals surface area contributed by atoms with E-state index in [-0.39, 0.29) is 5.82 Å². The Bertz CT molecular complexity index is 616. The Morgan fingerprint density at radius 2 is 2.09 bits per heavy atom. The Morgan fingerprint density at radius 3 is 2.73 bits per heavy atom. The van der Waals surface area contributed by atoms with Crippen LogP contribution in [0.3, 0.4) is 0 Å². The van der Waals surface area contributed by atoms with Gasteiger partial charge in [0.2, 0.25) is 5.13 Å². The number of carboxylic acids is 1. The highest BCUT2D eigenvalue weighted by molar-refractivity contribution is 7.15. The van der Waals surface area contributed by atoms with Gasteiger partial charge < -0.3 is 10.4 Å². The Hall–Kier alpha value is -2.02. The van der Waals surface area contributed by atoms with Crippen molar-refractivity contribution in [1.29, 1.82) is 0 Å². The van der Waals surface area contributed by atoms with Gasteiger partial charge in [-0.25, -0.2) is 9.18 Å². The molecule has 1 aromatic heterocycles. The van der Waals surface area contributed by atoms with E-state index in [0.717, 1.165) is 23.4 Å². The van der Waals surface area contributed by atoms with Crippen molar-refractivity contribution in [2.24, 2.45) is 0 Å². The standard InChI is InChI=1S/C15H18FN3O2S/c1-2-3-4-12(14(20)21)17-15-19-18-13(22-15)9-10-5-7-11(16)8-6-10/h5-8,12H,2-4,9H2,1H3,(H,17,19)(H,20,21). The lowest BCUT2D eigenvalue weighted by atomic mass is 10.1. The summed E-state index contributed by atoms with van der Waals surface area (Å²) in [5, 5.41) is 21.4. The summed E-state index contributed by atoms with van der Waals surface area (Å²) in [5.74, 6) is -1.16. The van der Waals surface area contributed by atoms with Crippen molar-refractivity contribution in [1.82, 2.24) is 10.2 Å². The molecular weight excluding hydrogens is 305 g/mol. The van der Waals surface area contributed by atoms with Gasteiger partial charge in [0.25, 0.3) is 0 Å². The number of unbranched alkanes of at least 4 members (excludes halogenated alkanes) is 1. The summed E-state index contributed by atoms with van der Waals surface area (Å²) in [6.45, 7) is 2.02. The maximum absolute atomic E-state index is 12.9. The third-order valence-corrected chi connectivity index (χ3v) is 4.03. The van der Waals surface area contributed by atoms with E-state index < -0.39 is 12.0 Å². The molecule has 7 heteroatoms. The number of anilines is 1. The van der Waals surface area contributed by atoms with E-state index in [2.05, 4.69) is 15.5 Å². The Labute approximate surface area is 132 Å². The van der Waals surface area contributed by atoms with Gasteiger partial charge in [-0.3, -0.25) is 0 Å². The van der Waals surface area contributed by atoms with Gasteiger partial charge in [0.15, 0.2) is 0 Å². The van der Waals surface area contributed by atoms with E-state index in [0.29, 0.717) is 18.0 Å². The smallest absolute Gasteiger partial charge is 0.326 e. The highest BCUT2D eigenvalue weighted by Gasteiger charge is 2.18. The van der Waals surface area contributed by atoms with Gasteiger partial charge >= 0.3 is 5.97 Å². The lowest BCUT2D eigenvalue weighted by molar-refractivity contribution is -0.138. The summed E-state index contributed by atoms with van der Waals surface area (Å²) in [6, 6.07) is 5.56. The highest BCUT2D eigenvalue weighted by atomic mass is 32.1. The van der Waals surface area contributed by atoms with E-state index in [1.165, 1.54) is 23.5 Å². The molecule has 1 atom stereocenters. The monoisotopic (exact) mass is 323 g/mol. The average molecular weight is 323 g/mol. The van der Waals surface area contributed by atoms with Crippen LogP contribution in [0.1, 0.15) is 36.8 Å². The molecular formula is C15H18FN3O2S. The number of hydrogen-bond acceptors (Lipinski definition) is 5. The van der Waals surface area contributed by atoms with Crippen LogP contribution in [0, 0.1) is 5.82 Å². The summed E-state index contributed by atoms with van der Waals surface area (Å²) in [6.07, 6.45) is 2.88. The van der Waals surface area contributed by atoms with Crippen molar-refractivity contribution >= 4 is 22.4 Å². The van der Waals surface area contributed by atoms with Crippen molar-refractivity contribution in [3.05, 3.63) is 40.7 Å². The second kappa shape index (κ2) is 7.84. The zero-order valence-corrected chi connectivity index (χ0v) is 13.1. The molecule has 0 saturated carbocycles. The molecule has 5 nitrogen and oxygen atoms in total. The normalized spacial score (nSPS) is 12.1. The molecule has 2 rings (SSSR count). The number of carbonyl (C=O) groups is 1. The second-order valence-electron chi connectivity index (χ2n) is 4.98. The number of rotatable bonds is 8. The van der Waals surface area contributed by atoms with Crippen LogP contribution in [-0.4, -0.2) is 27.3 Å². The molecule has 118 valence electrons. The number of nitrogens with zero attached hydrogens (tertiary/aromatic N) is 2. The molecule has 0 amide bonds. The van der Waals surface area contributed by atoms with E-state index >= 15 is 0 Å². The third kappa shape index (κ3) is 4.77. The van der Waals surface area contributed by atoms with Crippen LogP contribution in [0.15, 0.2) is 24.3 Å². The molecule has 1 aromatic carbocycles. The van der Waals surface area contributed by atoms with E-state index in [9.17, 15) is 14.3 Å². The molecule has 1 heterocycles. The van der Waals surface area contributed by atoms with Gasteiger partial charge in [-0.2, -0.15) is 0 Å². The number of aliphatic carboxylic acids is 1. The number of carboxylic acid groups (broad SMARTS) is 1. The largest absolute Gasteiger partial charge is 0.480 e. The van der Waals surface area contributed by atoms with Gasteiger partial charge in [0, 0.05) is 6.42 Å². The van der Waals surface area contributed by atoms with Crippen molar-refractivity contribution in [3.8, 4) is 0 Å². The number of nitrogens with one attached hydrogen (secondary N) is 1. The van der Waals surface area contributed by atoms with E-state index in [1.807, 2.05) is 6.92 Å². The summed E-state index contributed by atoms with van der Waals surface area (Å²) >= 11 is 1.32. The first-order valence-electron chi connectivity index (χ1n) is 7.14. The fraction of sp³-hybridized carbons (Fsp3) is 0.400. The SMILES string of the molecule is CCCCC(Nc1nnc(Cc2ccc(F)cc2)s1)C(=O)O.